The van der Waals surface area contributed by atoms with E-state index in [1.807, 2.05) is 11.5 Å². The Morgan fingerprint density at radius 2 is 1.62 bits per heavy atom. The first-order chi connectivity index (χ1) is 19.5. The van der Waals surface area contributed by atoms with Crippen LogP contribution in [0, 0.1) is 17.6 Å². The molecule has 2 unspecified atom stereocenters. The minimum Gasteiger partial charge on any atom is -0.486 e. The van der Waals surface area contributed by atoms with Crippen molar-refractivity contribution in [1.82, 2.24) is 14.9 Å². The maximum atomic E-state index is 14.7. The maximum absolute atomic E-state index is 14.7. The largest absolute Gasteiger partial charge is 0.486 e. The Labute approximate surface area is 233 Å². The highest BCUT2D eigenvalue weighted by molar-refractivity contribution is 5.85. The van der Waals surface area contributed by atoms with Crippen molar-refractivity contribution in [1.29, 1.82) is 0 Å². The van der Waals surface area contributed by atoms with Crippen molar-refractivity contribution < 1.29 is 27.8 Å². The average Bonchev–Trinajstić information content (AvgIpc) is 3.32. The van der Waals surface area contributed by atoms with Crippen LogP contribution in [0.15, 0.2) is 30.3 Å². The van der Waals surface area contributed by atoms with Gasteiger partial charge in [0.25, 0.3) is 0 Å². The number of carbonyl (C=O) groups excluding carboxylic acids is 1. The zero-order chi connectivity index (χ0) is 27.6. The van der Waals surface area contributed by atoms with Crippen LogP contribution in [0.25, 0.3) is 11.0 Å². The van der Waals surface area contributed by atoms with Gasteiger partial charge in [-0.2, -0.15) is 0 Å². The highest BCUT2D eigenvalue weighted by Gasteiger charge is 2.36. The number of halogens is 2. The molecule has 1 N–H and O–H groups in total. The van der Waals surface area contributed by atoms with Crippen LogP contribution in [0.5, 0.6) is 17.2 Å². The van der Waals surface area contributed by atoms with E-state index < -0.39 is 23.8 Å². The summed E-state index contributed by atoms with van der Waals surface area (Å²) in [5, 5.41) is 3.32. The van der Waals surface area contributed by atoms with E-state index in [9.17, 15) is 13.6 Å². The molecule has 0 bridgehead atoms. The number of carbonyl (C=O) groups is 1. The predicted molar refractivity (Wildman–Crippen MR) is 147 cm³/mol. The molecule has 0 spiro atoms. The number of nitrogens with one attached hydrogen (secondary N) is 1. The molecule has 6 rings (SSSR count). The van der Waals surface area contributed by atoms with Crippen molar-refractivity contribution in [3.63, 3.8) is 0 Å². The fourth-order valence-electron chi connectivity index (χ4n) is 6.57. The maximum Gasteiger partial charge on any atom is 0.243 e. The Morgan fingerprint density at radius 1 is 0.950 bits per heavy atom. The second-order valence-electron chi connectivity index (χ2n) is 11.3. The Hall–Kier alpha value is -3.36. The van der Waals surface area contributed by atoms with Gasteiger partial charge in [0.15, 0.2) is 35.1 Å². The first kappa shape index (κ1) is 26.8. The normalized spacial score (nSPS) is 19.8. The highest BCUT2D eigenvalue weighted by atomic mass is 19.2. The van der Waals surface area contributed by atoms with Crippen LogP contribution in [-0.2, 0) is 4.79 Å². The molecule has 2 atom stereocenters. The first-order valence-corrected chi connectivity index (χ1v) is 14.7. The molecule has 1 aromatic heterocycles. The molecule has 7 nitrogen and oxygen atoms in total. The monoisotopic (exact) mass is 553 g/mol. The third-order valence-electron chi connectivity index (χ3n) is 8.54. The van der Waals surface area contributed by atoms with Crippen LogP contribution in [-0.4, -0.2) is 34.7 Å². The number of amides is 1. The molecule has 2 aliphatic carbocycles. The van der Waals surface area contributed by atoms with Gasteiger partial charge < -0.3 is 24.1 Å². The number of imidazole rings is 1. The molecule has 0 saturated heterocycles. The minimum atomic E-state index is -0.968. The second-order valence-corrected chi connectivity index (χ2v) is 11.3. The van der Waals surface area contributed by atoms with Gasteiger partial charge in [-0.3, -0.25) is 4.79 Å². The molecule has 214 valence electrons. The molecule has 3 aromatic rings. The Morgan fingerprint density at radius 3 is 2.38 bits per heavy atom. The van der Waals surface area contributed by atoms with E-state index >= 15 is 0 Å². The highest BCUT2D eigenvalue weighted by Crippen LogP contribution is 2.40. The van der Waals surface area contributed by atoms with Crippen molar-refractivity contribution in [2.75, 3.05) is 13.2 Å². The smallest absolute Gasteiger partial charge is 0.243 e. The van der Waals surface area contributed by atoms with E-state index in [1.54, 1.807) is 18.2 Å². The summed E-state index contributed by atoms with van der Waals surface area (Å²) in [5.41, 5.74) is 0.707. The third kappa shape index (κ3) is 5.47. The van der Waals surface area contributed by atoms with Gasteiger partial charge in [0, 0.05) is 24.2 Å². The molecule has 9 heteroatoms. The van der Waals surface area contributed by atoms with Gasteiger partial charge in [-0.05, 0) is 50.7 Å². The number of fused-ring (bicyclic) bond motifs is 2. The van der Waals surface area contributed by atoms with E-state index in [1.165, 1.54) is 12.5 Å². The van der Waals surface area contributed by atoms with Crippen LogP contribution in [0.2, 0.25) is 0 Å². The van der Waals surface area contributed by atoms with E-state index in [0.717, 1.165) is 63.9 Å². The van der Waals surface area contributed by atoms with Crippen molar-refractivity contribution >= 4 is 16.9 Å². The van der Waals surface area contributed by atoms with Crippen LogP contribution < -0.4 is 19.5 Å². The number of aromatic nitrogens is 2. The third-order valence-corrected chi connectivity index (χ3v) is 8.54. The molecule has 2 aromatic carbocycles. The SMILES string of the molecule is CC(Oc1ccc2c(c1)OCCO2)c1nc2cc(F)c(F)cc2n1C(C(=O)NC1CCCCC1)C1CCCCC1. The summed E-state index contributed by atoms with van der Waals surface area (Å²) in [4.78, 5) is 18.8. The quantitative estimate of drug-likeness (QED) is 0.349. The average molecular weight is 554 g/mol. The lowest BCUT2D eigenvalue weighted by Crippen LogP contribution is -2.44. The van der Waals surface area contributed by atoms with E-state index in [0.29, 0.717) is 47.3 Å². The number of benzene rings is 2. The Balaban J connectivity index is 1.40. The van der Waals surface area contributed by atoms with Crippen LogP contribution in [0.3, 0.4) is 0 Å². The number of rotatable bonds is 7. The Kier molecular flexibility index (Phi) is 7.80. The number of ether oxygens (including phenoxy) is 3. The van der Waals surface area contributed by atoms with Crippen molar-refractivity contribution in [3.8, 4) is 17.2 Å². The zero-order valence-corrected chi connectivity index (χ0v) is 23.0. The molecule has 1 aliphatic heterocycles. The fourth-order valence-corrected chi connectivity index (χ4v) is 6.57. The van der Waals surface area contributed by atoms with E-state index in [-0.39, 0.29) is 17.9 Å². The van der Waals surface area contributed by atoms with Gasteiger partial charge in [-0.25, -0.2) is 13.8 Å². The molecule has 1 amide bonds. The fraction of sp³-hybridized carbons (Fsp3) is 0.548. The summed E-state index contributed by atoms with van der Waals surface area (Å²) in [6, 6.07) is 7.17. The summed E-state index contributed by atoms with van der Waals surface area (Å²) in [5.74, 6) is 0.318. The van der Waals surface area contributed by atoms with Crippen LogP contribution >= 0.6 is 0 Å². The lowest BCUT2D eigenvalue weighted by molar-refractivity contribution is -0.127. The van der Waals surface area contributed by atoms with Crippen LogP contribution in [0.1, 0.15) is 89.1 Å². The molecule has 2 fully saturated rings. The summed E-state index contributed by atoms with van der Waals surface area (Å²) in [6.07, 6.45) is 9.68. The molecule has 2 saturated carbocycles. The summed E-state index contributed by atoms with van der Waals surface area (Å²) < 4.78 is 48.5. The summed E-state index contributed by atoms with van der Waals surface area (Å²) in [6.45, 7) is 2.79. The van der Waals surface area contributed by atoms with Crippen LogP contribution in [0.4, 0.5) is 8.78 Å². The zero-order valence-electron chi connectivity index (χ0n) is 23.0. The van der Waals surface area contributed by atoms with E-state index in [2.05, 4.69) is 5.32 Å². The van der Waals surface area contributed by atoms with Gasteiger partial charge in [0.2, 0.25) is 5.91 Å². The van der Waals surface area contributed by atoms with Gasteiger partial charge in [-0.15, -0.1) is 0 Å². The Bertz CT molecular complexity index is 1360. The van der Waals surface area contributed by atoms with Crippen molar-refractivity contribution in [3.05, 3.63) is 47.8 Å². The topological polar surface area (TPSA) is 74.6 Å². The minimum absolute atomic E-state index is 0.0584. The summed E-state index contributed by atoms with van der Waals surface area (Å²) >= 11 is 0. The number of hydrogen-bond acceptors (Lipinski definition) is 5. The molecule has 0 radical (unpaired) electrons. The van der Waals surface area contributed by atoms with Gasteiger partial charge in [-0.1, -0.05) is 38.5 Å². The standard InChI is InChI=1S/C31H37F2N3O4/c1-19(40-22-12-13-27-28(16-22)39-15-14-38-27)30-35-25-17-23(32)24(33)18-26(25)36(30)29(20-8-4-2-5-9-20)31(37)34-21-10-6-3-7-11-21/h12-13,16-21,29H,2-11,14-15H2,1H3,(H,34,37). The lowest BCUT2D eigenvalue weighted by atomic mass is 9.82. The predicted octanol–water partition coefficient (Wildman–Crippen LogP) is 6.80. The van der Waals surface area contributed by atoms with Gasteiger partial charge in [0.05, 0.1) is 11.0 Å². The van der Waals surface area contributed by atoms with Crippen molar-refractivity contribution in [2.24, 2.45) is 5.92 Å². The second kappa shape index (κ2) is 11.6. The molecule has 3 aliphatic rings. The lowest BCUT2D eigenvalue weighted by Gasteiger charge is -2.34. The van der Waals surface area contributed by atoms with Crippen molar-refractivity contribution in [2.45, 2.75) is 89.3 Å². The number of nitrogens with zero attached hydrogens (tertiary/aromatic N) is 2. The number of hydrogen-bond donors (Lipinski definition) is 1. The molecule has 40 heavy (non-hydrogen) atoms. The molecular formula is C31H37F2N3O4. The summed E-state index contributed by atoms with van der Waals surface area (Å²) in [7, 11) is 0. The van der Waals surface area contributed by atoms with E-state index in [4.69, 9.17) is 19.2 Å². The molecule has 2 heterocycles. The van der Waals surface area contributed by atoms with Gasteiger partial charge >= 0.3 is 0 Å². The molecular weight excluding hydrogens is 516 g/mol. The first-order valence-electron chi connectivity index (χ1n) is 14.7. The van der Waals surface area contributed by atoms with Gasteiger partial charge in [0.1, 0.15) is 25.0 Å².